The van der Waals surface area contributed by atoms with Gasteiger partial charge in [-0.15, -0.1) is 0 Å². The van der Waals surface area contributed by atoms with E-state index >= 15 is 0 Å². The summed E-state index contributed by atoms with van der Waals surface area (Å²) in [5.74, 6) is 0.165. The zero-order valence-corrected chi connectivity index (χ0v) is 21.5. The number of piperidine rings is 1. The maximum atomic E-state index is 13.4. The highest BCUT2D eigenvalue weighted by Crippen LogP contribution is 2.25. The monoisotopic (exact) mass is 513 g/mol. The lowest BCUT2D eigenvalue weighted by atomic mass is 9.98. The van der Waals surface area contributed by atoms with Gasteiger partial charge in [-0.2, -0.15) is 0 Å². The van der Waals surface area contributed by atoms with Gasteiger partial charge in [0.15, 0.2) is 11.5 Å². The molecule has 10 heteroatoms. The first-order valence-electron chi connectivity index (χ1n) is 12.9. The summed E-state index contributed by atoms with van der Waals surface area (Å²) < 4.78 is 21.6. The van der Waals surface area contributed by atoms with Crippen LogP contribution in [0.5, 0.6) is 5.75 Å². The molecule has 0 spiro atoms. The van der Waals surface area contributed by atoms with Gasteiger partial charge in [-0.3, -0.25) is 14.4 Å². The van der Waals surface area contributed by atoms with Crippen LogP contribution in [-0.2, 0) is 19.1 Å². The number of benzene rings is 1. The molecule has 0 N–H and O–H groups in total. The summed E-state index contributed by atoms with van der Waals surface area (Å²) in [5, 5.41) is 4.01. The number of hydrogen-bond donors (Lipinski definition) is 0. The predicted octanol–water partition coefficient (Wildman–Crippen LogP) is 3.16. The van der Waals surface area contributed by atoms with Crippen molar-refractivity contribution in [1.29, 1.82) is 0 Å². The summed E-state index contributed by atoms with van der Waals surface area (Å²) in [6, 6.07) is 8.92. The van der Waals surface area contributed by atoms with Crippen molar-refractivity contribution in [2.75, 3.05) is 46.5 Å². The fourth-order valence-electron chi connectivity index (χ4n) is 4.81. The van der Waals surface area contributed by atoms with E-state index in [2.05, 4.69) is 5.16 Å². The van der Waals surface area contributed by atoms with Gasteiger partial charge < -0.3 is 28.5 Å². The second-order valence-corrected chi connectivity index (χ2v) is 9.38. The first-order valence-corrected chi connectivity index (χ1v) is 12.9. The number of methoxy groups -OCH3 is 1. The van der Waals surface area contributed by atoms with E-state index in [-0.39, 0.29) is 48.5 Å². The molecule has 0 unspecified atom stereocenters. The Morgan fingerprint density at radius 3 is 2.81 bits per heavy atom. The average molecular weight is 514 g/mol. The first kappa shape index (κ1) is 26.7. The molecule has 2 amide bonds. The Bertz CT molecular complexity index is 1080. The number of carbonyl (C=O) groups is 3. The van der Waals surface area contributed by atoms with Gasteiger partial charge in [0.25, 0.3) is 5.91 Å². The van der Waals surface area contributed by atoms with Crippen LogP contribution in [0.3, 0.4) is 0 Å². The van der Waals surface area contributed by atoms with Crippen molar-refractivity contribution < 1.29 is 33.1 Å². The minimum absolute atomic E-state index is 0.0769. The number of ether oxygens (including phenoxy) is 3. The molecule has 2 aromatic rings. The second-order valence-electron chi connectivity index (χ2n) is 9.38. The zero-order chi connectivity index (χ0) is 26.2. The summed E-state index contributed by atoms with van der Waals surface area (Å²) in [6.45, 7) is 4.31. The molecule has 3 heterocycles. The zero-order valence-electron chi connectivity index (χ0n) is 21.5. The Labute approximate surface area is 216 Å². The molecule has 200 valence electrons. The molecule has 2 fully saturated rings. The Morgan fingerprint density at radius 2 is 2.05 bits per heavy atom. The number of aromatic nitrogens is 1. The van der Waals surface area contributed by atoms with Crippen LogP contribution in [0.25, 0.3) is 11.3 Å². The summed E-state index contributed by atoms with van der Waals surface area (Å²) in [6.07, 6.45) is 3.34. The molecular weight excluding hydrogens is 478 g/mol. The van der Waals surface area contributed by atoms with E-state index in [0.717, 1.165) is 24.8 Å². The average Bonchev–Trinajstić information content (AvgIpc) is 3.63. The van der Waals surface area contributed by atoms with Crippen molar-refractivity contribution in [3.8, 4) is 17.1 Å². The van der Waals surface area contributed by atoms with Gasteiger partial charge >= 0.3 is 5.97 Å². The highest BCUT2D eigenvalue weighted by Gasteiger charge is 2.31. The largest absolute Gasteiger partial charge is 0.497 e. The maximum absolute atomic E-state index is 13.4. The fourth-order valence-corrected chi connectivity index (χ4v) is 4.81. The van der Waals surface area contributed by atoms with Crippen LogP contribution in [0.1, 0.15) is 49.5 Å². The topological polar surface area (TPSA) is 111 Å². The minimum Gasteiger partial charge on any atom is -0.497 e. The van der Waals surface area contributed by atoms with E-state index in [1.165, 1.54) is 0 Å². The van der Waals surface area contributed by atoms with Crippen LogP contribution < -0.4 is 4.74 Å². The molecular formula is C27H35N3O7. The van der Waals surface area contributed by atoms with E-state index in [4.69, 9.17) is 18.7 Å². The molecule has 1 aromatic carbocycles. The SMILES string of the molecule is CCOC(=O)[C@H]1CCCN(C(=O)CCN(C[C@H]2CCCO2)C(=O)c2cc(-c3cccc(OC)c3)on2)C1. The fraction of sp³-hybridized carbons (Fsp3) is 0.556. The van der Waals surface area contributed by atoms with Gasteiger partial charge in [0.1, 0.15) is 5.75 Å². The maximum Gasteiger partial charge on any atom is 0.310 e. The van der Waals surface area contributed by atoms with Crippen molar-refractivity contribution in [1.82, 2.24) is 15.0 Å². The third kappa shape index (κ3) is 6.88. The van der Waals surface area contributed by atoms with Crippen molar-refractivity contribution in [2.45, 2.75) is 45.1 Å². The molecule has 2 aliphatic rings. The highest BCUT2D eigenvalue weighted by molar-refractivity contribution is 5.93. The number of esters is 1. The Hall–Kier alpha value is -3.40. The standard InChI is InChI=1S/C27H35N3O7/c1-3-35-27(33)20-8-5-12-29(17-20)25(31)11-13-30(18-22-10-6-14-36-22)26(32)23-16-24(37-28-23)19-7-4-9-21(15-19)34-2/h4,7,9,15-16,20,22H,3,5-6,8,10-14,17-18H2,1-2H3/t20-,22+/m0/s1. The molecule has 2 aliphatic heterocycles. The molecule has 0 aliphatic carbocycles. The lowest BCUT2D eigenvalue weighted by molar-refractivity contribution is -0.151. The normalized spacial score (nSPS) is 19.5. The lowest BCUT2D eigenvalue weighted by Gasteiger charge is -2.32. The highest BCUT2D eigenvalue weighted by atomic mass is 16.5. The molecule has 1 aromatic heterocycles. The molecule has 2 saturated heterocycles. The molecule has 10 nitrogen and oxygen atoms in total. The van der Waals surface area contributed by atoms with Crippen molar-refractivity contribution in [3.05, 3.63) is 36.0 Å². The van der Waals surface area contributed by atoms with Crippen LogP contribution in [0.4, 0.5) is 0 Å². The van der Waals surface area contributed by atoms with Gasteiger partial charge in [0, 0.05) is 50.8 Å². The summed E-state index contributed by atoms with van der Waals surface area (Å²) in [4.78, 5) is 42.0. The molecule has 0 radical (unpaired) electrons. The van der Waals surface area contributed by atoms with Gasteiger partial charge in [0.2, 0.25) is 5.91 Å². The predicted molar refractivity (Wildman–Crippen MR) is 134 cm³/mol. The molecule has 0 saturated carbocycles. The summed E-state index contributed by atoms with van der Waals surface area (Å²) in [5.41, 5.74) is 0.914. The number of amides is 2. The second kappa shape index (κ2) is 12.7. The van der Waals surface area contributed by atoms with Crippen molar-refractivity contribution in [2.24, 2.45) is 5.92 Å². The third-order valence-electron chi connectivity index (χ3n) is 6.81. The van der Waals surface area contributed by atoms with Crippen molar-refractivity contribution in [3.63, 3.8) is 0 Å². The van der Waals surface area contributed by atoms with Gasteiger partial charge in [0.05, 0.1) is 25.7 Å². The summed E-state index contributed by atoms with van der Waals surface area (Å²) in [7, 11) is 1.58. The van der Waals surface area contributed by atoms with Crippen LogP contribution in [-0.4, -0.2) is 85.3 Å². The third-order valence-corrected chi connectivity index (χ3v) is 6.81. The van der Waals surface area contributed by atoms with Gasteiger partial charge in [-0.05, 0) is 44.7 Å². The minimum atomic E-state index is -0.316. The van der Waals surface area contributed by atoms with E-state index in [0.29, 0.717) is 50.8 Å². The van der Waals surface area contributed by atoms with Crippen molar-refractivity contribution >= 4 is 17.8 Å². The number of carbonyl (C=O) groups excluding carboxylic acids is 3. The van der Waals surface area contributed by atoms with E-state index in [1.807, 2.05) is 18.2 Å². The van der Waals surface area contributed by atoms with E-state index in [1.54, 1.807) is 36.0 Å². The molecule has 4 rings (SSSR count). The van der Waals surface area contributed by atoms with Gasteiger partial charge in [-0.25, -0.2) is 0 Å². The van der Waals surface area contributed by atoms with Crippen LogP contribution in [0.15, 0.2) is 34.9 Å². The number of rotatable bonds is 10. The number of likely N-dealkylation sites (tertiary alicyclic amines) is 1. The number of nitrogens with zero attached hydrogens (tertiary/aromatic N) is 3. The van der Waals surface area contributed by atoms with Crippen LogP contribution >= 0.6 is 0 Å². The molecule has 0 bridgehead atoms. The molecule has 37 heavy (non-hydrogen) atoms. The van der Waals surface area contributed by atoms with Crippen LogP contribution in [0, 0.1) is 5.92 Å². The number of hydrogen-bond acceptors (Lipinski definition) is 8. The van der Waals surface area contributed by atoms with E-state index < -0.39 is 0 Å². The van der Waals surface area contributed by atoms with Gasteiger partial charge in [-0.1, -0.05) is 17.3 Å². The van der Waals surface area contributed by atoms with Crippen LogP contribution in [0.2, 0.25) is 0 Å². The first-order chi connectivity index (χ1) is 18.0. The Balaban J connectivity index is 1.42. The lowest BCUT2D eigenvalue weighted by Crippen LogP contribution is -2.45. The quantitative estimate of drug-likeness (QED) is 0.446. The Morgan fingerprint density at radius 1 is 1.19 bits per heavy atom. The van der Waals surface area contributed by atoms with E-state index in [9.17, 15) is 14.4 Å². The smallest absolute Gasteiger partial charge is 0.310 e. The molecule has 2 atom stereocenters. The summed E-state index contributed by atoms with van der Waals surface area (Å²) >= 11 is 0. The Kier molecular flexibility index (Phi) is 9.16.